The van der Waals surface area contributed by atoms with Crippen molar-refractivity contribution in [1.82, 2.24) is 4.90 Å². The molecule has 1 aromatic carbocycles. The number of carbonyl (C=O) groups is 2. The second-order valence-corrected chi connectivity index (χ2v) is 7.08. The third-order valence-electron chi connectivity index (χ3n) is 4.65. The maximum atomic E-state index is 12.4. The van der Waals surface area contributed by atoms with E-state index in [0.29, 0.717) is 15.7 Å². The van der Waals surface area contributed by atoms with Crippen molar-refractivity contribution in [3.05, 3.63) is 28.2 Å². The topological polar surface area (TPSA) is 49.4 Å². The van der Waals surface area contributed by atoms with Crippen LogP contribution in [0.5, 0.6) is 0 Å². The molecule has 1 aliphatic rings. The lowest BCUT2D eigenvalue weighted by molar-refractivity contribution is -0.137. The Labute approximate surface area is 153 Å². The Morgan fingerprint density at radius 2 is 1.50 bits per heavy atom. The van der Waals surface area contributed by atoms with Crippen LogP contribution in [0.3, 0.4) is 0 Å². The molecule has 0 unspecified atom stereocenters. The summed E-state index contributed by atoms with van der Waals surface area (Å²) in [7, 11) is 0. The van der Waals surface area contributed by atoms with E-state index in [0.717, 1.165) is 38.8 Å². The van der Waals surface area contributed by atoms with Gasteiger partial charge in [-0.25, -0.2) is 0 Å². The third-order valence-corrected chi connectivity index (χ3v) is 5.09. The summed E-state index contributed by atoms with van der Waals surface area (Å²) in [5.41, 5.74) is 0.610. The van der Waals surface area contributed by atoms with E-state index in [1.54, 1.807) is 18.2 Å². The van der Waals surface area contributed by atoms with Gasteiger partial charge in [0.15, 0.2) is 0 Å². The van der Waals surface area contributed by atoms with E-state index in [9.17, 15) is 9.59 Å². The van der Waals surface area contributed by atoms with E-state index >= 15 is 0 Å². The molecule has 2 rings (SSSR count). The molecule has 6 heteroatoms. The molecular weight excluding hydrogens is 347 g/mol. The van der Waals surface area contributed by atoms with Crippen molar-refractivity contribution in [2.75, 3.05) is 18.4 Å². The van der Waals surface area contributed by atoms with E-state index in [2.05, 4.69) is 5.32 Å². The van der Waals surface area contributed by atoms with Gasteiger partial charge in [0.25, 0.3) is 0 Å². The van der Waals surface area contributed by atoms with Crippen molar-refractivity contribution < 1.29 is 9.59 Å². The summed E-state index contributed by atoms with van der Waals surface area (Å²) in [5, 5.41) is 3.86. The number of benzene rings is 1. The first-order valence-electron chi connectivity index (χ1n) is 8.50. The molecule has 0 radical (unpaired) electrons. The minimum atomic E-state index is -0.0662. The van der Waals surface area contributed by atoms with Gasteiger partial charge in [-0.05, 0) is 57.7 Å². The van der Waals surface area contributed by atoms with E-state index < -0.39 is 0 Å². The van der Waals surface area contributed by atoms with Crippen LogP contribution in [0, 0.1) is 11.8 Å². The van der Waals surface area contributed by atoms with Crippen LogP contribution in [0.4, 0.5) is 5.69 Å². The third kappa shape index (κ3) is 4.87. The summed E-state index contributed by atoms with van der Waals surface area (Å²) in [4.78, 5) is 26.7. The summed E-state index contributed by atoms with van der Waals surface area (Å²) in [6.07, 6.45) is 3.00. The molecule has 1 fully saturated rings. The number of hydrogen-bond acceptors (Lipinski definition) is 2. The quantitative estimate of drug-likeness (QED) is 0.822. The van der Waals surface area contributed by atoms with Gasteiger partial charge in [-0.1, -0.05) is 23.2 Å². The van der Waals surface area contributed by atoms with Crippen LogP contribution < -0.4 is 5.32 Å². The van der Waals surface area contributed by atoms with E-state index in [1.165, 1.54) is 0 Å². The standard InChI is InChI=1S/C18H24Cl2N2O2/c1-3-22(4-2)18(24)13-7-5-12(6-8-13)17(23)21-16-10-14(19)9-15(20)11-16/h9-13H,3-8H2,1-2H3,(H,21,23). The first-order chi connectivity index (χ1) is 11.4. The van der Waals surface area contributed by atoms with Crippen LogP contribution in [0.1, 0.15) is 39.5 Å². The zero-order valence-corrected chi connectivity index (χ0v) is 15.7. The van der Waals surface area contributed by atoms with E-state index in [-0.39, 0.29) is 23.7 Å². The number of nitrogens with zero attached hydrogens (tertiary/aromatic N) is 1. The highest BCUT2D eigenvalue weighted by molar-refractivity contribution is 6.35. The summed E-state index contributed by atoms with van der Waals surface area (Å²) in [6, 6.07) is 4.99. The molecule has 24 heavy (non-hydrogen) atoms. The Bertz CT molecular complexity index is 574. The van der Waals surface area contributed by atoms with E-state index in [4.69, 9.17) is 23.2 Å². The van der Waals surface area contributed by atoms with Crippen molar-refractivity contribution in [1.29, 1.82) is 0 Å². The molecule has 0 heterocycles. The van der Waals surface area contributed by atoms with Crippen LogP contribution >= 0.6 is 23.2 Å². The number of hydrogen-bond donors (Lipinski definition) is 1. The van der Waals surface area contributed by atoms with Crippen LogP contribution in [-0.4, -0.2) is 29.8 Å². The van der Waals surface area contributed by atoms with Gasteiger partial charge in [-0.2, -0.15) is 0 Å². The Hall–Kier alpha value is -1.26. The summed E-state index contributed by atoms with van der Waals surface area (Å²) in [6.45, 7) is 5.48. The van der Waals surface area contributed by atoms with Gasteiger partial charge in [-0.3, -0.25) is 9.59 Å². The monoisotopic (exact) mass is 370 g/mol. The summed E-state index contributed by atoms with van der Waals surface area (Å²) < 4.78 is 0. The molecule has 1 aliphatic carbocycles. The van der Waals surface area contributed by atoms with Gasteiger partial charge in [-0.15, -0.1) is 0 Å². The predicted octanol–water partition coefficient (Wildman–Crippen LogP) is 4.61. The second-order valence-electron chi connectivity index (χ2n) is 6.21. The molecule has 1 saturated carbocycles. The molecule has 0 saturated heterocycles. The Balaban J connectivity index is 1.89. The largest absolute Gasteiger partial charge is 0.343 e. The molecule has 0 aliphatic heterocycles. The molecule has 0 aromatic heterocycles. The SMILES string of the molecule is CCN(CC)C(=O)C1CCC(C(=O)Nc2cc(Cl)cc(Cl)c2)CC1. The lowest BCUT2D eigenvalue weighted by atomic mass is 9.81. The number of amides is 2. The van der Waals surface area contributed by atoms with Crippen LogP contribution in [0.15, 0.2) is 18.2 Å². The van der Waals surface area contributed by atoms with Gasteiger partial charge in [0.05, 0.1) is 0 Å². The lowest BCUT2D eigenvalue weighted by Crippen LogP contribution is -2.38. The fourth-order valence-corrected chi connectivity index (χ4v) is 3.79. The second kappa shape index (κ2) is 8.72. The molecular formula is C18H24Cl2N2O2. The summed E-state index contributed by atoms with van der Waals surface area (Å²) in [5.74, 6) is 0.181. The summed E-state index contributed by atoms with van der Waals surface area (Å²) >= 11 is 11.9. The molecule has 1 N–H and O–H groups in total. The van der Waals surface area contributed by atoms with Gasteiger partial charge in [0.2, 0.25) is 11.8 Å². The van der Waals surface area contributed by atoms with Crippen LogP contribution in [-0.2, 0) is 9.59 Å². The smallest absolute Gasteiger partial charge is 0.227 e. The Morgan fingerprint density at radius 1 is 1.00 bits per heavy atom. The Kier molecular flexibility index (Phi) is 6.93. The molecule has 0 spiro atoms. The highest BCUT2D eigenvalue weighted by Crippen LogP contribution is 2.31. The zero-order valence-electron chi connectivity index (χ0n) is 14.1. The average Bonchev–Trinajstić information content (AvgIpc) is 2.55. The van der Waals surface area contributed by atoms with Crippen molar-refractivity contribution in [2.24, 2.45) is 11.8 Å². The fraction of sp³-hybridized carbons (Fsp3) is 0.556. The molecule has 0 atom stereocenters. The van der Waals surface area contributed by atoms with Crippen molar-refractivity contribution in [2.45, 2.75) is 39.5 Å². The predicted molar refractivity (Wildman–Crippen MR) is 98.5 cm³/mol. The maximum absolute atomic E-state index is 12.4. The lowest BCUT2D eigenvalue weighted by Gasteiger charge is -2.30. The molecule has 4 nitrogen and oxygen atoms in total. The van der Waals surface area contributed by atoms with Crippen molar-refractivity contribution in [3.63, 3.8) is 0 Å². The first kappa shape index (κ1) is 19.1. The van der Waals surface area contributed by atoms with Crippen LogP contribution in [0.25, 0.3) is 0 Å². The van der Waals surface area contributed by atoms with Gasteiger partial charge in [0, 0.05) is 40.7 Å². The van der Waals surface area contributed by atoms with Gasteiger partial charge < -0.3 is 10.2 Å². The van der Waals surface area contributed by atoms with Gasteiger partial charge >= 0.3 is 0 Å². The van der Waals surface area contributed by atoms with E-state index in [1.807, 2.05) is 18.7 Å². The molecule has 1 aromatic rings. The normalized spacial score (nSPS) is 20.5. The minimum absolute atomic E-state index is 0.0259. The molecule has 132 valence electrons. The number of anilines is 1. The highest BCUT2D eigenvalue weighted by Gasteiger charge is 2.31. The van der Waals surface area contributed by atoms with Crippen LogP contribution in [0.2, 0.25) is 10.0 Å². The average molecular weight is 371 g/mol. The zero-order chi connectivity index (χ0) is 17.7. The van der Waals surface area contributed by atoms with Crippen molar-refractivity contribution >= 4 is 40.7 Å². The number of rotatable bonds is 5. The van der Waals surface area contributed by atoms with Gasteiger partial charge in [0.1, 0.15) is 0 Å². The molecule has 0 bridgehead atoms. The number of nitrogens with one attached hydrogen (secondary N) is 1. The Morgan fingerprint density at radius 3 is 2.00 bits per heavy atom. The fourth-order valence-electron chi connectivity index (χ4n) is 3.27. The number of carbonyl (C=O) groups excluding carboxylic acids is 2. The highest BCUT2D eigenvalue weighted by atomic mass is 35.5. The molecule has 2 amide bonds. The maximum Gasteiger partial charge on any atom is 0.227 e. The van der Waals surface area contributed by atoms with Crippen molar-refractivity contribution in [3.8, 4) is 0 Å². The number of halogens is 2. The first-order valence-corrected chi connectivity index (χ1v) is 9.25. The minimum Gasteiger partial charge on any atom is -0.343 e.